The number of hydrogen-bond acceptors (Lipinski definition) is 3. The van der Waals surface area contributed by atoms with E-state index in [0.717, 1.165) is 14.9 Å². The Labute approximate surface area is 94.3 Å². The molecule has 2 rings (SSSR count). The summed E-state index contributed by atoms with van der Waals surface area (Å²) >= 11 is 5.01. The van der Waals surface area contributed by atoms with E-state index in [1.807, 2.05) is 13.0 Å². The Balaban J connectivity index is 2.32. The Morgan fingerprint density at radius 2 is 2.36 bits per heavy atom. The third-order valence-electron chi connectivity index (χ3n) is 2.00. The van der Waals surface area contributed by atoms with Crippen molar-refractivity contribution < 1.29 is 9.52 Å². The van der Waals surface area contributed by atoms with Crippen LogP contribution in [-0.4, -0.2) is 5.11 Å². The van der Waals surface area contributed by atoms with Crippen molar-refractivity contribution in [3.05, 3.63) is 44.4 Å². The third kappa shape index (κ3) is 1.78. The molecule has 2 aromatic heterocycles. The van der Waals surface area contributed by atoms with Gasteiger partial charge in [-0.05, 0) is 35.0 Å². The number of aryl methyl sites for hydroxylation is 1. The van der Waals surface area contributed by atoms with Gasteiger partial charge in [0, 0.05) is 19.8 Å². The normalized spacial score (nSPS) is 13.1. The summed E-state index contributed by atoms with van der Waals surface area (Å²) in [6.07, 6.45) is 2.55. The van der Waals surface area contributed by atoms with Crippen LogP contribution in [0, 0.1) is 6.92 Å². The highest BCUT2D eigenvalue weighted by molar-refractivity contribution is 9.10. The summed E-state index contributed by atoms with van der Waals surface area (Å²) < 4.78 is 5.97. The number of aliphatic hydroxyl groups is 1. The second-order valence-electron chi connectivity index (χ2n) is 3.01. The molecule has 0 bridgehead atoms. The summed E-state index contributed by atoms with van der Waals surface area (Å²) in [7, 11) is 0. The van der Waals surface area contributed by atoms with Crippen LogP contribution in [-0.2, 0) is 0 Å². The molecule has 0 fully saturated rings. The van der Waals surface area contributed by atoms with Crippen LogP contribution in [0.1, 0.15) is 21.4 Å². The molecule has 14 heavy (non-hydrogen) atoms. The average Bonchev–Trinajstić information content (AvgIpc) is 2.76. The van der Waals surface area contributed by atoms with Crippen LogP contribution in [0.5, 0.6) is 0 Å². The SMILES string of the molecule is Cc1sc(C(O)c2ccoc2)cc1Br. The highest BCUT2D eigenvalue weighted by atomic mass is 79.9. The smallest absolute Gasteiger partial charge is 0.116 e. The first-order valence-corrected chi connectivity index (χ1v) is 5.75. The van der Waals surface area contributed by atoms with Gasteiger partial charge in [-0.25, -0.2) is 0 Å². The summed E-state index contributed by atoms with van der Waals surface area (Å²) in [5.41, 5.74) is 0.791. The minimum absolute atomic E-state index is 0.580. The van der Waals surface area contributed by atoms with Gasteiger partial charge < -0.3 is 9.52 Å². The Kier molecular flexibility index (Phi) is 2.76. The predicted molar refractivity (Wildman–Crippen MR) is 59.5 cm³/mol. The van der Waals surface area contributed by atoms with Gasteiger partial charge in [-0.2, -0.15) is 0 Å². The van der Waals surface area contributed by atoms with Gasteiger partial charge in [0.25, 0.3) is 0 Å². The van der Waals surface area contributed by atoms with Gasteiger partial charge in [0.2, 0.25) is 0 Å². The Hall–Kier alpha value is -0.580. The zero-order chi connectivity index (χ0) is 10.1. The lowest BCUT2D eigenvalue weighted by atomic mass is 10.2. The van der Waals surface area contributed by atoms with Crippen molar-refractivity contribution in [1.29, 1.82) is 0 Å². The molecule has 74 valence electrons. The fourth-order valence-corrected chi connectivity index (χ4v) is 2.79. The number of rotatable bonds is 2. The number of hydrogen-bond donors (Lipinski definition) is 1. The molecule has 0 saturated heterocycles. The molecule has 0 amide bonds. The van der Waals surface area contributed by atoms with Crippen LogP contribution in [0.15, 0.2) is 33.5 Å². The van der Waals surface area contributed by atoms with Gasteiger partial charge in [0.1, 0.15) is 6.10 Å². The highest BCUT2D eigenvalue weighted by Crippen LogP contribution is 2.33. The van der Waals surface area contributed by atoms with E-state index < -0.39 is 6.10 Å². The standard InChI is InChI=1S/C10H9BrO2S/c1-6-8(11)4-9(14-6)10(12)7-2-3-13-5-7/h2-5,10,12H,1H3. The Morgan fingerprint density at radius 1 is 1.57 bits per heavy atom. The van der Waals surface area contributed by atoms with Crippen molar-refractivity contribution in [1.82, 2.24) is 0 Å². The fourth-order valence-electron chi connectivity index (χ4n) is 1.21. The molecule has 0 aliphatic heterocycles. The van der Waals surface area contributed by atoms with Crippen LogP contribution in [0.4, 0.5) is 0 Å². The Bertz CT molecular complexity index is 400. The van der Waals surface area contributed by atoms with Crippen molar-refractivity contribution in [3.8, 4) is 0 Å². The summed E-state index contributed by atoms with van der Waals surface area (Å²) in [4.78, 5) is 2.10. The predicted octanol–water partition coefficient (Wildman–Crippen LogP) is 3.49. The van der Waals surface area contributed by atoms with E-state index >= 15 is 0 Å². The van der Waals surface area contributed by atoms with E-state index in [1.165, 1.54) is 4.88 Å². The van der Waals surface area contributed by atoms with Crippen molar-refractivity contribution in [2.75, 3.05) is 0 Å². The second-order valence-corrected chi connectivity index (χ2v) is 5.15. The zero-order valence-electron chi connectivity index (χ0n) is 7.53. The number of halogens is 1. The van der Waals surface area contributed by atoms with E-state index in [2.05, 4.69) is 15.9 Å². The minimum atomic E-state index is -0.580. The molecule has 0 saturated carbocycles. The molecule has 1 atom stereocenters. The van der Waals surface area contributed by atoms with Crippen molar-refractivity contribution in [2.45, 2.75) is 13.0 Å². The zero-order valence-corrected chi connectivity index (χ0v) is 9.93. The van der Waals surface area contributed by atoms with Gasteiger partial charge in [0.15, 0.2) is 0 Å². The summed E-state index contributed by atoms with van der Waals surface area (Å²) in [5, 5.41) is 9.95. The van der Waals surface area contributed by atoms with Crippen molar-refractivity contribution in [3.63, 3.8) is 0 Å². The van der Waals surface area contributed by atoms with Gasteiger partial charge >= 0.3 is 0 Å². The molecule has 0 aliphatic rings. The van der Waals surface area contributed by atoms with Crippen LogP contribution >= 0.6 is 27.3 Å². The van der Waals surface area contributed by atoms with E-state index in [0.29, 0.717) is 0 Å². The lowest BCUT2D eigenvalue weighted by Gasteiger charge is -2.03. The van der Waals surface area contributed by atoms with Gasteiger partial charge in [0.05, 0.1) is 12.5 Å². The number of thiophene rings is 1. The molecular weight excluding hydrogens is 264 g/mol. The van der Waals surface area contributed by atoms with Crippen LogP contribution in [0.25, 0.3) is 0 Å². The molecule has 0 radical (unpaired) electrons. The first kappa shape index (κ1) is 9.96. The first-order valence-electron chi connectivity index (χ1n) is 4.14. The molecule has 2 aromatic rings. The molecule has 1 N–H and O–H groups in total. The molecule has 2 heterocycles. The summed E-state index contributed by atoms with van der Waals surface area (Å²) in [5.74, 6) is 0. The number of furan rings is 1. The summed E-state index contributed by atoms with van der Waals surface area (Å²) in [6.45, 7) is 2.01. The molecule has 1 unspecified atom stereocenters. The molecule has 0 aliphatic carbocycles. The van der Waals surface area contributed by atoms with Gasteiger partial charge in [-0.15, -0.1) is 11.3 Å². The van der Waals surface area contributed by atoms with Crippen LogP contribution < -0.4 is 0 Å². The van der Waals surface area contributed by atoms with Crippen LogP contribution in [0.2, 0.25) is 0 Å². The lowest BCUT2D eigenvalue weighted by Crippen LogP contribution is -1.93. The van der Waals surface area contributed by atoms with Crippen molar-refractivity contribution >= 4 is 27.3 Å². The fraction of sp³-hybridized carbons (Fsp3) is 0.200. The van der Waals surface area contributed by atoms with Crippen molar-refractivity contribution in [2.24, 2.45) is 0 Å². The second kappa shape index (κ2) is 3.88. The van der Waals surface area contributed by atoms with Crippen LogP contribution in [0.3, 0.4) is 0 Å². The van der Waals surface area contributed by atoms with Gasteiger partial charge in [-0.3, -0.25) is 0 Å². The first-order chi connectivity index (χ1) is 6.68. The van der Waals surface area contributed by atoms with Gasteiger partial charge in [-0.1, -0.05) is 0 Å². The minimum Gasteiger partial charge on any atom is -0.472 e. The van der Waals surface area contributed by atoms with E-state index in [4.69, 9.17) is 4.42 Å². The maximum Gasteiger partial charge on any atom is 0.116 e. The molecule has 0 spiro atoms. The highest BCUT2D eigenvalue weighted by Gasteiger charge is 2.15. The lowest BCUT2D eigenvalue weighted by molar-refractivity contribution is 0.223. The number of aliphatic hydroxyl groups excluding tert-OH is 1. The molecule has 4 heteroatoms. The maximum atomic E-state index is 9.95. The maximum absolute atomic E-state index is 9.95. The molecular formula is C10H9BrO2S. The van der Waals surface area contributed by atoms with E-state index in [9.17, 15) is 5.11 Å². The topological polar surface area (TPSA) is 33.4 Å². The van der Waals surface area contributed by atoms with E-state index in [-0.39, 0.29) is 0 Å². The average molecular weight is 273 g/mol. The Morgan fingerprint density at radius 3 is 2.86 bits per heavy atom. The largest absolute Gasteiger partial charge is 0.472 e. The molecule has 0 aromatic carbocycles. The van der Waals surface area contributed by atoms with E-state index in [1.54, 1.807) is 29.9 Å². The quantitative estimate of drug-likeness (QED) is 0.908. The monoisotopic (exact) mass is 272 g/mol. The third-order valence-corrected chi connectivity index (χ3v) is 4.19. The summed E-state index contributed by atoms with van der Waals surface area (Å²) in [6, 6.07) is 3.71. The molecule has 2 nitrogen and oxygen atoms in total.